The van der Waals surface area contributed by atoms with E-state index < -0.39 is 0 Å². The lowest BCUT2D eigenvalue weighted by molar-refractivity contribution is 0.311. The first kappa shape index (κ1) is 12.1. The normalized spacial score (nSPS) is 10.8. The van der Waals surface area contributed by atoms with Gasteiger partial charge >= 0.3 is 0 Å². The first-order chi connectivity index (χ1) is 9.38. The molecule has 0 unspecified atom stereocenters. The van der Waals surface area contributed by atoms with Crippen LogP contribution >= 0.6 is 11.3 Å². The Kier molecular flexibility index (Phi) is 3.39. The smallest absolute Gasteiger partial charge is 0.172 e. The number of thiophene rings is 1. The topological polar surface area (TPSA) is 58.0 Å². The number of para-hydroxylation sites is 1. The molecule has 0 atom stereocenters. The van der Waals surface area contributed by atoms with E-state index in [9.17, 15) is 0 Å². The van der Waals surface area contributed by atoms with E-state index in [2.05, 4.69) is 15.3 Å². The van der Waals surface area contributed by atoms with Gasteiger partial charge in [-0.25, -0.2) is 9.97 Å². The second-order valence-corrected chi connectivity index (χ2v) is 4.99. The van der Waals surface area contributed by atoms with Gasteiger partial charge < -0.3 is 10.4 Å². The number of aliphatic hydroxyl groups excluding tert-OH is 1. The summed E-state index contributed by atoms with van der Waals surface area (Å²) < 4.78 is 0. The van der Waals surface area contributed by atoms with E-state index in [0.29, 0.717) is 12.4 Å². The zero-order valence-electron chi connectivity index (χ0n) is 10.2. The van der Waals surface area contributed by atoms with E-state index in [1.165, 1.54) is 0 Å². The van der Waals surface area contributed by atoms with Crippen molar-refractivity contribution in [2.75, 3.05) is 18.5 Å². The lowest BCUT2D eigenvalue weighted by Crippen LogP contribution is -2.08. The predicted molar refractivity (Wildman–Crippen MR) is 78.4 cm³/mol. The number of hydrogen-bond acceptors (Lipinski definition) is 5. The van der Waals surface area contributed by atoms with Crippen molar-refractivity contribution in [3.05, 3.63) is 41.8 Å². The highest BCUT2D eigenvalue weighted by atomic mass is 32.1. The minimum Gasteiger partial charge on any atom is -0.395 e. The lowest BCUT2D eigenvalue weighted by atomic mass is 10.2. The van der Waals surface area contributed by atoms with Gasteiger partial charge in [0.2, 0.25) is 0 Å². The first-order valence-electron chi connectivity index (χ1n) is 6.04. The quantitative estimate of drug-likeness (QED) is 0.766. The monoisotopic (exact) mass is 271 g/mol. The SMILES string of the molecule is OCCNc1nc(-c2cccs2)nc2ccccc12. The number of hydrogen-bond donors (Lipinski definition) is 2. The highest BCUT2D eigenvalue weighted by Crippen LogP contribution is 2.27. The molecule has 0 amide bonds. The van der Waals surface area contributed by atoms with Crippen molar-refractivity contribution < 1.29 is 5.11 Å². The number of fused-ring (bicyclic) bond motifs is 1. The van der Waals surface area contributed by atoms with Gasteiger partial charge in [-0.2, -0.15) is 0 Å². The lowest BCUT2D eigenvalue weighted by Gasteiger charge is -2.09. The molecule has 1 aromatic carbocycles. The van der Waals surface area contributed by atoms with Crippen LogP contribution in [0.25, 0.3) is 21.6 Å². The highest BCUT2D eigenvalue weighted by molar-refractivity contribution is 7.13. The largest absolute Gasteiger partial charge is 0.395 e. The van der Waals surface area contributed by atoms with E-state index in [4.69, 9.17) is 5.11 Å². The highest BCUT2D eigenvalue weighted by Gasteiger charge is 2.09. The molecule has 0 saturated heterocycles. The minimum absolute atomic E-state index is 0.0761. The summed E-state index contributed by atoms with van der Waals surface area (Å²) in [6.07, 6.45) is 0. The Morgan fingerprint density at radius 2 is 2.00 bits per heavy atom. The molecule has 3 rings (SSSR count). The van der Waals surface area contributed by atoms with Crippen molar-refractivity contribution in [3.63, 3.8) is 0 Å². The van der Waals surface area contributed by atoms with Gasteiger partial charge in [0.15, 0.2) is 5.82 Å². The summed E-state index contributed by atoms with van der Waals surface area (Å²) in [7, 11) is 0. The van der Waals surface area contributed by atoms with Crippen LogP contribution in [-0.2, 0) is 0 Å². The van der Waals surface area contributed by atoms with Gasteiger partial charge in [0.1, 0.15) is 5.82 Å². The molecule has 2 aromatic heterocycles. The van der Waals surface area contributed by atoms with Crippen LogP contribution in [0.3, 0.4) is 0 Å². The Balaban J connectivity index is 2.15. The average Bonchev–Trinajstić information content (AvgIpc) is 2.98. The third kappa shape index (κ3) is 2.43. The van der Waals surface area contributed by atoms with Crippen molar-refractivity contribution in [3.8, 4) is 10.7 Å². The van der Waals surface area contributed by atoms with Gasteiger partial charge in [0.05, 0.1) is 17.0 Å². The summed E-state index contributed by atoms with van der Waals surface area (Å²) in [5, 5.41) is 15.1. The minimum atomic E-state index is 0.0761. The number of benzene rings is 1. The van der Waals surface area contributed by atoms with Crippen LogP contribution in [0.2, 0.25) is 0 Å². The molecule has 0 spiro atoms. The number of aliphatic hydroxyl groups is 1. The Labute approximate surface area is 114 Å². The summed E-state index contributed by atoms with van der Waals surface area (Å²) in [5.41, 5.74) is 0.904. The molecule has 0 saturated carbocycles. The van der Waals surface area contributed by atoms with Crippen LogP contribution in [0.4, 0.5) is 5.82 Å². The Morgan fingerprint density at radius 1 is 1.11 bits per heavy atom. The number of rotatable bonds is 4. The van der Waals surface area contributed by atoms with Crippen LogP contribution in [0, 0.1) is 0 Å². The molecular formula is C14H13N3OS. The van der Waals surface area contributed by atoms with Gasteiger partial charge in [0.25, 0.3) is 0 Å². The summed E-state index contributed by atoms with van der Waals surface area (Å²) in [5.74, 6) is 1.48. The molecule has 0 aliphatic rings. The Hall–Kier alpha value is -1.98. The summed E-state index contributed by atoms with van der Waals surface area (Å²) in [4.78, 5) is 10.2. The fourth-order valence-electron chi connectivity index (χ4n) is 1.90. The molecular weight excluding hydrogens is 258 g/mol. The number of aromatic nitrogens is 2. The van der Waals surface area contributed by atoms with E-state index >= 15 is 0 Å². The number of nitrogens with zero attached hydrogens (tertiary/aromatic N) is 2. The second-order valence-electron chi connectivity index (χ2n) is 4.04. The molecule has 0 aliphatic heterocycles. The van der Waals surface area contributed by atoms with Gasteiger partial charge in [-0.1, -0.05) is 18.2 Å². The van der Waals surface area contributed by atoms with Gasteiger partial charge in [-0.3, -0.25) is 0 Å². The van der Waals surface area contributed by atoms with Crippen LogP contribution in [0.15, 0.2) is 41.8 Å². The predicted octanol–water partition coefficient (Wildman–Crippen LogP) is 2.76. The van der Waals surface area contributed by atoms with Crippen LogP contribution in [0.5, 0.6) is 0 Å². The Morgan fingerprint density at radius 3 is 2.79 bits per heavy atom. The maximum Gasteiger partial charge on any atom is 0.172 e. The summed E-state index contributed by atoms with van der Waals surface area (Å²) in [6.45, 7) is 0.553. The average molecular weight is 271 g/mol. The van der Waals surface area contributed by atoms with E-state index in [1.54, 1.807) is 11.3 Å². The summed E-state index contributed by atoms with van der Waals surface area (Å²) >= 11 is 1.61. The molecule has 0 bridgehead atoms. The van der Waals surface area contributed by atoms with Crippen molar-refractivity contribution in [2.24, 2.45) is 0 Å². The molecule has 4 nitrogen and oxygen atoms in total. The molecule has 96 valence electrons. The van der Waals surface area contributed by atoms with Crippen molar-refractivity contribution >= 4 is 28.1 Å². The molecule has 0 radical (unpaired) electrons. The molecule has 0 aliphatic carbocycles. The molecule has 19 heavy (non-hydrogen) atoms. The van der Waals surface area contributed by atoms with Crippen LogP contribution < -0.4 is 5.32 Å². The zero-order chi connectivity index (χ0) is 13.1. The van der Waals surface area contributed by atoms with Gasteiger partial charge in [0, 0.05) is 11.9 Å². The molecule has 2 N–H and O–H groups in total. The first-order valence-corrected chi connectivity index (χ1v) is 6.92. The Bertz CT molecular complexity index is 682. The van der Waals surface area contributed by atoms with E-state index in [0.717, 1.165) is 21.6 Å². The van der Waals surface area contributed by atoms with Gasteiger partial charge in [-0.05, 0) is 23.6 Å². The third-order valence-corrected chi connectivity index (χ3v) is 3.61. The molecule has 0 fully saturated rings. The number of nitrogens with one attached hydrogen (secondary N) is 1. The second kappa shape index (κ2) is 5.34. The van der Waals surface area contributed by atoms with Gasteiger partial charge in [-0.15, -0.1) is 11.3 Å². The van der Waals surface area contributed by atoms with Crippen molar-refractivity contribution in [1.29, 1.82) is 0 Å². The number of anilines is 1. The van der Waals surface area contributed by atoms with Crippen molar-refractivity contribution in [2.45, 2.75) is 0 Å². The van der Waals surface area contributed by atoms with E-state index in [-0.39, 0.29) is 6.61 Å². The standard InChI is InChI=1S/C14H13N3OS/c18-8-7-15-13-10-4-1-2-5-11(10)16-14(17-13)12-6-3-9-19-12/h1-6,9,18H,7-8H2,(H,15,16,17). The zero-order valence-corrected chi connectivity index (χ0v) is 11.0. The third-order valence-electron chi connectivity index (χ3n) is 2.75. The van der Waals surface area contributed by atoms with Crippen LogP contribution in [0.1, 0.15) is 0 Å². The fourth-order valence-corrected chi connectivity index (χ4v) is 2.56. The van der Waals surface area contributed by atoms with Crippen molar-refractivity contribution in [1.82, 2.24) is 9.97 Å². The maximum atomic E-state index is 8.95. The fraction of sp³-hybridized carbons (Fsp3) is 0.143. The van der Waals surface area contributed by atoms with Crippen LogP contribution in [-0.4, -0.2) is 28.2 Å². The molecule has 3 aromatic rings. The summed E-state index contributed by atoms with van der Waals surface area (Å²) in [6, 6.07) is 11.9. The molecule has 2 heterocycles. The van der Waals surface area contributed by atoms with E-state index in [1.807, 2.05) is 41.8 Å². The molecule has 5 heteroatoms. The maximum absolute atomic E-state index is 8.95.